The summed E-state index contributed by atoms with van der Waals surface area (Å²) in [5.41, 5.74) is 3.57. The summed E-state index contributed by atoms with van der Waals surface area (Å²) < 4.78 is 27.3. The molecule has 1 amide bonds. The maximum absolute atomic E-state index is 12.3. The second-order valence-electron chi connectivity index (χ2n) is 7.23. The van der Waals surface area contributed by atoms with E-state index in [1.165, 1.54) is 12.1 Å². The number of hydrogen-bond donors (Lipinski definition) is 3. The third-order valence-electron chi connectivity index (χ3n) is 4.78. The Hall–Kier alpha value is -2.90. The molecule has 150 valence electrons. The number of aromatic amines is 1. The summed E-state index contributed by atoms with van der Waals surface area (Å²) >= 11 is 0. The van der Waals surface area contributed by atoms with Crippen molar-refractivity contribution >= 4 is 21.6 Å². The van der Waals surface area contributed by atoms with Crippen molar-refractivity contribution in [1.82, 2.24) is 9.71 Å². The van der Waals surface area contributed by atoms with Gasteiger partial charge in [-0.05, 0) is 55.2 Å². The van der Waals surface area contributed by atoms with Gasteiger partial charge in [-0.1, -0.05) is 36.4 Å². The lowest BCUT2D eigenvalue weighted by Crippen LogP contribution is -2.25. The molecule has 3 aromatic rings. The molecular formula is C22H23N3O3S. The zero-order valence-corrected chi connectivity index (χ0v) is 16.7. The second-order valence-corrected chi connectivity index (χ2v) is 8.95. The minimum atomic E-state index is -3.54. The van der Waals surface area contributed by atoms with Crippen molar-refractivity contribution in [2.45, 2.75) is 36.6 Å². The Bertz CT molecular complexity index is 1100. The van der Waals surface area contributed by atoms with Gasteiger partial charge in [-0.3, -0.25) is 4.79 Å². The zero-order chi connectivity index (χ0) is 20.3. The highest BCUT2D eigenvalue weighted by molar-refractivity contribution is 7.89. The molecule has 6 nitrogen and oxygen atoms in total. The maximum atomic E-state index is 12.3. The molecule has 0 aliphatic heterocycles. The van der Waals surface area contributed by atoms with Gasteiger partial charge in [-0.25, -0.2) is 13.1 Å². The predicted molar refractivity (Wildman–Crippen MR) is 113 cm³/mol. The monoisotopic (exact) mass is 409 g/mol. The molecule has 1 aliphatic carbocycles. The number of benzene rings is 2. The SMILES string of the molecule is O=C(CCc1ccc(-c2ccccc2)[nH]1)Nc1cccc(S(=O)(=O)NC2CC2)c1. The molecule has 2 aromatic carbocycles. The van der Waals surface area contributed by atoms with Crippen molar-refractivity contribution < 1.29 is 13.2 Å². The fourth-order valence-electron chi connectivity index (χ4n) is 3.07. The molecular weight excluding hydrogens is 386 g/mol. The summed E-state index contributed by atoms with van der Waals surface area (Å²) in [4.78, 5) is 15.8. The number of anilines is 1. The second kappa shape index (κ2) is 8.23. The average molecular weight is 410 g/mol. The van der Waals surface area contributed by atoms with Crippen molar-refractivity contribution in [3.63, 3.8) is 0 Å². The Kier molecular flexibility index (Phi) is 5.51. The molecule has 1 aromatic heterocycles. The van der Waals surface area contributed by atoms with Crippen LogP contribution in [0.1, 0.15) is 25.0 Å². The number of nitrogens with one attached hydrogen (secondary N) is 3. The molecule has 1 saturated carbocycles. The van der Waals surface area contributed by atoms with Gasteiger partial charge < -0.3 is 10.3 Å². The first-order valence-corrected chi connectivity index (χ1v) is 11.1. The number of aryl methyl sites for hydroxylation is 1. The number of carbonyl (C=O) groups is 1. The molecule has 0 spiro atoms. The van der Waals surface area contributed by atoms with Crippen molar-refractivity contribution in [3.8, 4) is 11.3 Å². The van der Waals surface area contributed by atoms with E-state index in [0.717, 1.165) is 29.8 Å². The number of carbonyl (C=O) groups excluding carboxylic acids is 1. The highest BCUT2D eigenvalue weighted by Crippen LogP contribution is 2.23. The van der Waals surface area contributed by atoms with Gasteiger partial charge in [0.15, 0.2) is 0 Å². The predicted octanol–water partition coefficient (Wildman–Crippen LogP) is 3.69. The van der Waals surface area contributed by atoms with Crippen molar-refractivity contribution in [1.29, 1.82) is 0 Å². The molecule has 0 radical (unpaired) electrons. The highest BCUT2D eigenvalue weighted by Gasteiger charge is 2.28. The summed E-state index contributed by atoms with van der Waals surface area (Å²) in [6, 6.07) is 20.4. The summed E-state index contributed by atoms with van der Waals surface area (Å²) in [5.74, 6) is -0.162. The molecule has 0 bridgehead atoms. The summed E-state index contributed by atoms with van der Waals surface area (Å²) in [7, 11) is -3.54. The molecule has 3 N–H and O–H groups in total. The largest absolute Gasteiger partial charge is 0.358 e. The molecule has 1 fully saturated rings. The lowest BCUT2D eigenvalue weighted by molar-refractivity contribution is -0.116. The quantitative estimate of drug-likeness (QED) is 0.530. The van der Waals surface area contributed by atoms with Gasteiger partial charge in [0.05, 0.1) is 4.90 Å². The normalized spacial score (nSPS) is 13.9. The summed E-state index contributed by atoms with van der Waals surface area (Å²) in [5, 5.41) is 2.79. The number of aromatic nitrogens is 1. The minimum Gasteiger partial charge on any atom is -0.358 e. The van der Waals surface area contributed by atoms with Gasteiger partial charge in [-0.15, -0.1) is 0 Å². The van der Waals surface area contributed by atoms with Crippen molar-refractivity contribution in [2.24, 2.45) is 0 Å². The Balaban J connectivity index is 1.34. The van der Waals surface area contributed by atoms with E-state index in [-0.39, 0.29) is 16.8 Å². The number of amides is 1. The van der Waals surface area contributed by atoms with Crippen LogP contribution < -0.4 is 10.0 Å². The van der Waals surface area contributed by atoms with E-state index in [1.54, 1.807) is 12.1 Å². The van der Waals surface area contributed by atoms with Crippen LogP contribution in [0.3, 0.4) is 0 Å². The molecule has 0 atom stereocenters. The Labute approximate surface area is 170 Å². The number of hydrogen-bond acceptors (Lipinski definition) is 3. The van der Waals surface area contributed by atoms with Crippen LogP contribution in [0.25, 0.3) is 11.3 Å². The standard InChI is InChI=1S/C22H23N3O3S/c26-22(14-12-17-11-13-21(23-17)16-5-2-1-3-6-16)24-19-7-4-8-20(15-19)29(27,28)25-18-9-10-18/h1-8,11,13,15,18,23,25H,9-10,12,14H2,(H,24,26). The van der Waals surface area contributed by atoms with Crippen LogP contribution in [-0.2, 0) is 21.2 Å². The van der Waals surface area contributed by atoms with Crippen LogP contribution in [0.2, 0.25) is 0 Å². The first-order chi connectivity index (χ1) is 14.0. The Morgan fingerprint density at radius 2 is 1.79 bits per heavy atom. The van der Waals surface area contributed by atoms with E-state index in [0.29, 0.717) is 18.5 Å². The summed E-state index contributed by atoms with van der Waals surface area (Å²) in [6.45, 7) is 0. The molecule has 1 aliphatic rings. The molecule has 7 heteroatoms. The number of sulfonamides is 1. The van der Waals surface area contributed by atoms with Crippen LogP contribution in [0.4, 0.5) is 5.69 Å². The van der Waals surface area contributed by atoms with Crippen molar-refractivity contribution in [2.75, 3.05) is 5.32 Å². The van der Waals surface area contributed by atoms with E-state index >= 15 is 0 Å². The number of H-pyrrole nitrogens is 1. The van der Waals surface area contributed by atoms with Gasteiger partial charge in [0.2, 0.25) is 15.9 Å². The van der Waals surface area contributed by atoms with Gasteiger partial charge >= 0.3 is 0 Å². The van der Waals surface area contributed by atoms with Crippen LogP contribution in [0.5, 0.6) is 0 Å². The van der Waals surface area contributed by atoms with E-state index in [4.69, 9.17) is 0 Å². The van der Waals surface area contributed by atoms with E-state index < -0.39 is 10.0 Å². The highest BCUT2D eigenvalue weighted by atomic mass is 32.2. The smallest absolute Gasteiger partial charge is 0.240 e. The van der Waals surface area contributed by atoms with Crippen LogP contribution >= 0.6 is 0 Å². The average Bonchev–Trinajstić information content (AvgIpc) is 3.39. The zero-order valence-electron chi connectivity index (χ0n) is 15.9. The lowest BCUT2D eigenvalue weighted by Gasteiger charge is -2.09. The van der Waals surface area contributed by atoms with Crippen LogP contribution in [-0.4, -0.2) is 25.4 Å². The van der Waals surface area contributed by atoms with Gasteiger partial charge in [0, 0.05) is 29.5 Å². The van der Waals surface area contributed by atoms with E-state index in [1.807, 2.05) is 42.5 Å². The van der Waals surface area contributed by atoms with Gasteiger partial charge in [0.25, 0.3) is 0 Å². The molecule has 1 heterocycles. The van der Waals surface area contributed by atoms with Gasteiger partial charge in [-0.2, -0.15) is 0 Å². The first kappa shape index (κ1) is 19.4. The fourth-order valence-corrected chi connectivity index (χ4v) is 4.42. The topological polar surface area (TPSA) is 91.1 Å². The Morgan fingerprint density at radius 1 is 1.00 bits per heavy atom. The van der Waals surface area contributed by atoms with Crippen molar-refractivity contribution in [3.05, 3.63) is 72.4 Å². The van der Waals surface area contributed by atoms with Crippen LogP contribution in [0, 0.1) is 0 Å². The molecule has 0 saturated heterocycles. The third kappa shape index (κ3) is 5.13. The third-order valence-corrected chi connectivity index (χ3v) is 6.30. The minimum absolute atomic E-state index is 0.0415. The molecule has 0 unspecified atom stereocenters. The Morgan fingerprint density at radius 3 is 2.55 bits per heavy atom. The fraction of sp³-hybridized carbons (Fsp3) is 0.227. The van der Waals surface area contributed by atoms with Crippen LogP contribution in [0.15, 0.2) is 71.6 Å². The maximum Gasteiger partial charge on any atom is 0.240 e. The first-order valence-electron chi connectivity index (χ1n) is 9.65. The van der Waals surface area contributed by atoms with E-state index in [2.05, 4.69) is 15.0 Å². The van der Waals surface area contributed by atoms with Gasteiger partial charge in [0.1, 0.15) is 0 Å². The summed E-state index contributed by atoms with van der Waals surface area (Å²) in [6.07, 6.45) is 2.62. The number of rotatable bonds is 8. The van der Waals surface area contributed by atoms with E-state index in [9.17, 15) is 13.2 Å². The lowest BCUT2D eigenvalue weighted by atomic mass is 10.2. The molecule has 29 heavy (non-hydrogen) atoms. The molecule has 4 rings (SSSR count).